The minimum absolute atomic E-state index is 0.172. The molecule has 0 aliphatic heterocycles. The van der Waals surface area contributed by atoms with Crippen LogP contribution in [0.4, 0.5) is 0 Å². The molecule has 0 radical (unpaired) electrons. The van der Waals surface area contributed by atoms with Crippen molar-refractivity contribution >= 4 is 11.9 Å². The molecule has 4 nitrogen and oxygen atoms in total. The van der Waals surface area contributed by atoms with E-state index >= 15 is 0 Å². The highest BCUT2D eigenvalue weighted by atomic mass is 16.6. The number of hydrogen-bond acceptors (Lipinski definition) is 4. The van der Waals surface area contributed by atoms with Crippen LogP contribution in [0, 0.1) is 13.8 Å². The standard InChI is InChI=1S/C14H18O4/c1-4-17-13(15)14(16)18-8-7-12-6-5-10(2)9-11(12)3/h5-6,9H,4,7-8H2,1-3H3. The highest BCUT2D eigenvalue weighted by Crippen LogP contribution is 2.11. The minimum Gasteiger partial charge on any atom is -0.458 e. The van der Waals surface area contributed by atoms with Crippen LogP contribution in [0.15, 0.2) is 18.2 Å². The van der Waals surface area contributed by atoms with Gasteiger partial charge in [0.2, 0.25) is 0 Å². The van der Waals surface area contributed by atoms with Gasteiger partial charge in [-0.05, 0) is 31.9 Å². The molecule has 0 aliphatic rings. The Hall–Kier alpha value is -1.84. The van der Waals surface area contributed by atoms with Crippen molar-refractivity contribution in [2.24, 2.45) is 0 Å². The first-order valence-corrected chi connectivity index (χ1v) is 5.94. The van der Waals surface area contributed by atoms with E-state index in [1.54, 1.807) is 6.92 Å². The maximum absolute atomic E-state index is 11.2. The Kier molecular flexibility index (Phi) is 5.36. The fourth-order valence-corrected chi connectivity index (χ4v) is 1.63. The molecular formula is C14H18O4. The second kappa shape index (κ2) is 6.79. The van der Waals surface area contributed by atoms with Crippen molar-refractivity contribution in [3.05, 3.63) is 34.9 Å². The van der Waals surface area contributed by atoms with E-state index in [2.05, 4.69) is 10.8 Å². The van der Waals surface area contributed by atoms with Crippen molar-refractivity contribution in [3.8, 4) is 0 Å². The van der Waals surface area contributed by atoms with Crippen molar-refractivity contribution in [1.29, 1.82) is 0 Å². The number of carbonyl (C=O) groups is 2. The zero-order valence-electron chi connectivity index (χ0n) is 11.0. The number of hydrogen-bond donors (Lipinski definition) is 0. The summed E-state index contributed by atoms with van der Waals surface area (Å²) in [5, 5.41) is 0. The van der Waals surface area contributed by atoms with Gasteiger partial charge in [-0.25, -0.2) is 9.59 Å². The summed E-state index contributed by atoms with van der Waals surface area (Å²) in [6, 6.07) is 6.08. The Morgan fingerprint density at radius 2 is 1.78 bits per heavy atom. The second-order valence-electron chi connectivity index (χ2n) is 4.04. The summed E-state index contributed by atoms with van der Waals surface area (Å²) < 4.78 is 9.36. The fraction of sp³-hybridized carbons (Fsp3) is 0.429. The van der Waals surface area contributed by atoms with Gasteiger partial charge in [-0.2, -0.15) is 0 Å². The smallest absolute Gasteiger partial charge is 0.417 e. The number of benzene rings is 1. The van der Waals surface area contributed by atoms with Crippen LogP contribution in [0.5, 0.6) is 0 Å². The lowest BCUT2D eigenvalue weighted by Crippen LogP contribution is -2.21. The number of esters is 2. The molecule has 0 N–H and O–H groups in total. The van der Waals surface area contributed by atoms with Crippen LogP contribution in [0.3, 0.4) is 0 Å². The number of rotatable bonds is 4. The van der Waals surface area contributed by atoms with E-state index in [1.807, 2.05) is 26.0 Å². The molecule has 0 atom stereocenters. The van der Waals surface area contributed by atoms with E-state index < -0.39 is 11.9 Å². The van der Waals surface area contributed by atoms with Crippen LogP contribution in [-0.2, 0) is 25.5 Å². The molecule has 0 amide bonds. The van der Waals surface area contributed by atoms with Gasteiger partial charge in [-0.3, -0.25) is 0 Å². The van der Waals surface area contributed by atoms with E-state index in [-0.39, 0.29) is 13.2 Å². The quantitative estimate of drug-likeness (QED) is 0.605. The second-order valence-corrected chi connectivity index (χ2v) is 4.04. The topological polar surface area (TPSA) is 52.6 Å². The zero-order valence-corrected chi connectivity index (χ0v) is 11.0. The Morgan fingerprint density at radius 3 is 2.39 bits per heavy atom. The molecule has 0 heterocycles. The molecule has 1 aromatic carbocycles. The number of aryl methyl sites for hydroxylation is 2. The Labute approximate surface area is 107 Å². The van der Waals surface area contributed by atoms with Crippen molar-refractivity contribution in [2.45, 2.75) is 27.2 Å². The average Bonchev–Trinajstić information content (AvgIpc) is 2.32. The van der Waals surface area contributed by atoms with Crippen molar-refractivity contribution in [2.75, 3.05) is 13.2 Å². The Morgan fingerprint density at radius 1 is 1.11 bits per heavy atom. The van der Waals surface area contributed by atoms with Gasteiger partial charge in [0, 0.05) is 6.42 Å². The SMILES string of the molecule is CCOC(=O)C(=O)OCCc1ccc(C)cc1C. The van der Waals surface area contributed by atoms with Crippen LogP contribution >= 0.6 is 0 Å². The first kappa shape index (κ1) is 14.2. The lowest BCUT2D eigenvalue weighted by atomic mass is 10.0. The maximum atomic E-state index is 11.2. The van der Waals surface area contributed by atoms with E-state index in [9.17, 15) is 9.59 Å². The number of carbonyl (C=O) groups excluding carboxylic acids is 2. The van der Waals surface area contributed by atoms with Crippen molar-refractivity contribution in [1.82, 2.24) is 0 Å². The predicted octanol–water partition coefficient (Wildman–Crippen LogP) is 1.95. The molecule has 98 valence electrons. The largest absolute Gasteiger partial charge is 0.458 e. The maximum Gasteiger partial charge on any atom is 0.417 e. The van der Waals surface area contributed by atoms with Crippen LogP contribution < -0.4 is 0 Å². The van der Waals surface area contributed by atoms with E-state index in [1.165, 1.54) is 5.56 Å². The molecule has 0 spiro atoms. The van der Waals surface area contributed by atoms with Gasteiger partial charge < -0.3 is 9.47 Å². The van der Waals surface area contributed by atoms with Gasteiger partial charge in [-0.15, -0.1) is 0 Å². The molecule has 0 fully saturated rings. The molecule has 18 heavy (non-hydrogen) atoms. The van der Waals surface area contributed by atoms with Crippen LogP contribution in [0.2, 0.25) is 0 Å². The average molecular weight is 250 g/mol. The van der Waals surface area contributed by atoms with Gasteiger partial charge in [0.25, 0.3) is 0 Å². The van der Waals surface area contributed by atoms with Crippen molar-refractivity contribution in [3.63, 3.8) is 0 Å². The third kappa shape index (κ3) is 4.20. The summed E-state index contributed by atoms with van der Waals surface area (Å²) >= 11 is 0. The van der Waals surface area contributed by atoms with Gasteiger partial charge in [0.15, 0.2) is 0 Å². The Balaban J connectivity index is 2.42. The molecule has 0 bridgehead atoms. The third-order valence-corrected chi connectivity index (χ3v) is 2.54. The summed E-state index contributed by atoms with van der Waals surface area (Å²) in [5.74, 6) is -1.86. The predicted molar refractivity (Wildman–Crippen MR) is 67.2 cm³/mol. The molecule has 1 rings (SSSR count). The van der Waals surface area contributed by atoms with Crippen LogP contribution in [-0.4, -0.2) is 25.2 Å². The van der Waals surface area contributed by atoms with E-state index in [0.717, 1.165) is 11.1 Å². The van der Waals surface area contributed by atoms with Gasteiger partial charge in [-0.1, -0.05) is 23.8 Å². The summed E-state index contributed by atoms with van der Waals surface area (Å²) in [7, 11) is 0. The fourth-order valence-electron chi connectivity index (χ4n) is 1.63. The Bertz CT molecular complexity index is 437. The molecule has 1 aromatic rings. The third-order valence-electron chi connectivity index (χ3n) is 2.54. The van der Waals surface area contributed by atoms with E-state index in [4.69, 9.17) is 4.74 Å². The van der Waals surface area contributed by atoms with E-state index in [0.29, 0.717) is 6.42 Å². The molecule has 0 saturated carbocycles. The monoisotopic (exact) mass is 250 g/mol. The molecule has 0 unspecified atom stereocenters. The highest BCUT2D eigenvalue weighted by Gasteiger charge is 2.16. The van der Waals surface area contributed by atoms with Crippen LogP contribution in [0.25, 0.3) is 0 Å². The summed E-state index contributed by atoms with van der Waals surface area (Å²) in [5.41, 5.74) is 3.46. The van der Waals surface area contributed by atoms with Crippen molar-refractivity contribution < 1.29 is 19.1 Å². The summed E-state index contributed by atoms with van der Waals surface area (Å²) in [6.07, 6.45) is 0.595. The molecule has 0 saturated heterocycles. The molecule has 4 heteroatoms. The van der Waals surface area contributed by atoms with Gasteiger partial charge in [0.1, 0.15) is 0 Å². The van der Waals surface area contributed by atoms with Crippen LogP contribution in [0.1, 0.15) is 23.6 Å². The zero-order chi connectivity index (χ0) is 13.5. The lowest BCUT2D eigenvalue weighted by Gasteiger charge is -2.07. The molecular weight excluding hydrogens is 232 g/mol. The first-order chi connectivity index (χ1) is 8.54. The first-order valence-electron chi connectivity index (χ1n) is 5.94. The summed E-state index contributed by atoms with van der Waals surface area (Å²) in [4.78, 5) is 22.2. The number of ether oxygens (including phenoxy) is 2. The van der Waals surface area contributed by atoms with Gasteiger partial charge >= 0.3 is 11.9 Å². The minimum atomic E-state index is -0.932. The van der Waals surface area contributed by atoms with Gasteiger partial charge in [0.05, 0.1) is 13.2 Å². The lowest BCUT2D eigenvalue weighted by molar-refractivity contribution is -0.167. The summed E-state index contributed by atoms with van der Waals surface area (Å²) in [6.45, 7) is 6.03. The highest BCUT2D eigenvalue weighted by molar-refractivity contribution is 6.29. The molecule has 0 aromatic heterocycles. The normalized spacial score (nSPS) is 9.94. The molecule has 0 aliphatic carbocycles.